The van der Waals surface area contributed by atoms with Crippen LogP contribution in [-0.4, -0.2) is 34.0 Å². The summed E-state index contributed by atoms with van der Waals surface area (Å²) in [5.74, 6) is 0. The van der Waals surface area contributed by atoms with E-state index >= 15 is 0 Å². The van der Waals surface area contributed by atoms with Crippen molar-refractivity contribution in [3.05, 3.63) is 15.8 Å². The topological polar surface area (TPSA) is 55.0 Å². The van der Waals surface area contributed by atoms with E-state index < -0.39 is 0 Å². The number of likely N-dealkylation sites (tertiary alicyclic amines) is 1. The number of nitrogens with two attached hydrogens (primary N) is 1. The van der Waals surface area contributed by atoms with Crippen molar-refractivity contribution >= 4 is 27.8 Å². The van der Waals surface area contributed by atoms with Gasteiger partial charge in [-0.05, 0) is 26.3 Å². The highest BCUT2D eigenvalue weighted by molar-refractivity contribution is 7.14. The summed E-state index contributed by atoms with van der Waals surface area (Å²) >= 11 is 3.20. The van der Waals surface area contributed by atoms with Crippen molar-refractivity contribution in [1.82, 2.24) is 14.9 Å². The second-order valence-corrected chi connectivity index (χ2v) is 7.16. The molecule has 1 atom stereocenters. The zero-order chi connectivity index (χ0) is 13.9. The fourth-order valence-corrected chi connectivity index (χ4v) is 4.02. The van der Waals surface area contributed by atoms with Crippen molar-refractivity contribution in [3.63, 3.8) is 0 Å². The Morgan fingerprint density at radius 2 is 2.05 bits per heavy atom. The Bertz CT molecular complexity index is 563. The molecule has 2 N–H and O–H groups in total. The number of hydrogen-bond acceptors (Lipinski definition) is 6. The molecule has 0 bridgehead atoms. The normalized spacial score (nSPS) is 20.4. The molecule has 6 heteroatoms. The molecule has 0 aliphatic carbocycles. The Morgan fingerprint density at radius 1 is 1.25 bits per heavy atom. The average molecular weight is 308 g/mol. The van der Waals surface area contributed by atoms with E-state index in [4.69, 9.17) is 5.73 Å². The van der Waals surface area contributed by atoms with E-state index in [9.17, 15) is 0 Å². The number of hydrogen-bond donors (Lipinski definition) is 1. The lowest BCUT2D eigenvalue weighted by Crippen LogP contribution is -2.38. The summed E-state index contributed by atoms with van der Waals surface area (Å²) in [4.78, 5) is 11.6. The van der Waals surface area contributed by atoms with E-state index in [0.717, 1.165) is 30.4 Å². The van der Waals surface area contributed by atoms with Crippen molar-refractivity contribution in [3.8, 4) is 11.4 Å². The van der Waals surface area contributed by atoms with Crippen LogP contribution in [0.5, 0.6) is 0 Å². The first-order valence-corrected chi connectivity index (χ1v) is 8.88. The molecule has 1 fully saturated rings. The van der Waals surface area contributed by atoms with Gasteiger partial charge in [0.2, 0.25) is 0 Å². The Morgan fingerprint density at radius 3 is 2.80 bits per heavy atom. The van der Waals surface area contributed by atoms with E-state index in [1.807, 2.05) is 5.38 Å². The van der Waals surface area contributed by atoms with Gasteiger partial charge in [0.15, 0.2) is 5.13 Å². The summed E-state index contributed by atoms with van der Waals surface area (Å²) < 4.78 is 0. The molecule has 1 aliphatic heterocycles. The van der Waals surface area contributed by atoms with Crippen LogP contribution < -0.4 is 5.73 Å². The number of nitrogens with zero attached hydrogens (tertiary/aromatic N) is 3. The van der Waals surface area contributed by atoms with Crippen LogP contribution in [-0.2, 0) is 6.42 Å². The Balaban J connectivity index is 1.60. The molecule has 0 aromatic carbocycles. The van der Waals surface area contributed by atoms with Crippen LogP contribution >= 0.6 is 22.7 Å². The highest BCUT2D eigenvalue weighted by Crippen LogP contribution is 2.25. The molecule has 1 saturated heterocycles. The number of nitrogen functional groups attached to an aromatic ring is 1. The van der Waals surface area contributed by atoms with Crippen molar-refractivity contribution < 1.29 is 0 Å². The molecule has 3 rings (SSSR count). The lowest BCUT2D eigenvalue weighted by Gasteiger charge is -2.32. The third-order valence-electron chi connectivity index (χ3n) is 3.89. The van der Waals surface area contributed by atoms with Crippen LogP contribution in [0.1, 0.15) is 31.2 Å². The van der Waals surface area contributed by atoms with Crippen LogP contribution in [0.15, 0.2) is 10.8 Å². The fraction of sp³-hybridized carbons (Fsp3) is 0.571. The first kappa shape index (κ1) is 14.0. The van der Waals surface area contributed by atoms with E-state index in [-0.39, 0.29) is 0 Å². The van der Waals surface area contributed by atoms with Gasteiger partial charge in [-0.25, -0.2) is 9.97 Å². The molecule has 3 heterocycles. The molecule has 2 aromatic heterocycles. The maximum absolute atomic E-state index is 5.67. The maximum atomic E-state index is 5.67. The molecule has 20 heavy (non-hydrogen) atoms. The van der Waals surface area contributed by atoms with Gasteiger partial charge in [0.25, 0.3) is 0 Å². The number of anilines is 1. The monoisotopic (exact) mass is 308 g/mol. The van der Waals surface area contributed by atoms with Crippen LogP contribution in [0, 0.1) is 0 Å². The first-order valence-electron chi connectivity index (χ1n) is 7.12. The lowest BCUT2D eigenvalue weighted by atomic mass is 10.0. The first-order chi connectivity index (χ1) is 9.72. The van der Waals surface area contributed by atoms with Gasteiger partial charge >= 0.3 is 0 Å². The molecule has 0 radical (unpaired) electrons. The average Bonchev–Trinajstić information content (AvgIpc) is 3.06. The predicted molar refractivity (Wildman–Crippen MR) is 86.2 cm³/mol. The largest absolute Gasteiger partial charge is 0.375 e. The summed E-state index contributed by atoms with van der Waals surface area (Å²) in [5.41, 5.74) is 7.54. The van der Waals surface area contributed by atoms with Crippen molar-refractivity contribution in [1.29, 1.82) is 0 Å². The third kappa shape index (κ3) is 3.19. The number of rotatable bonds is 4. The fourth-order valence-electron chi connectivity index (χ4n) is 2.68. The van der Waals surface area contributed by atoms with Gasteiger partial charge in [0.1, 0.15) is 11.4 Å². The maximum Gasteiger partial charge on any atom is 0.180 e. The van der Waals surface area contributed by atoms with Crippen molar-refractivity contribution in [2.75, 3.05) is 18.8 Å². The SMILES string of the molecule is CC1CCCCN1CCc1nc(-c2csc(N)n2)cs1. The minimum absolute atomic E-state index is 0.608. The summed E-state index contributed by atoms with van der Waals surface area (Å²) in [6, 6.07) is 0.724. The van der Waals surface area contributed by atoms with Gasteiger partial charge in [-0.2, -0.15) is 0 Å². The Kier molecular flexibility index (Phi) is 4.33. The summed E-state index contributed by atoms with van der Waals surface area (Å²) in [6.07, 6.45) is 5.09. The minimum Gasteiger partial charge on any atom is -0.375 e. The van der Waals surface area contributed by atoms with Gasteiger partial charge in [-0.15, -0.1) is 22.7 Å². The molecule has 1 aliphatic rings. The summed E-state index contributed by atoms with van der Waals surface area (Å²) in [7, 11) is 0. The number of piperidine rings is 1. The molecular formula is C14H20N4S2. The summed E-state index contributed by atoms with van der Waals surface area (Å²) in [5, 5.41) is 5.87. The van der Waals surface area contributed by atoms with Gasteiger partial charge in [-0.1, -0.05) is 6.42 Å². The standard InChI is InChI=1S/C14H20N4S2/c1-10-4-2-3-6-18(10)7-5-13-16-11(8-19-13)12-9-20-14(15)17-12/h8-10H,2-7H2,1H3,(H2,15,17). The van der Waals surface area contributed by atoms with E-state index in [0.29, 0.717) is 5.13 Å². The zero-order valence-electron chi connectivity index (χ0n) is 11.7. The van der Waals surface area contributed by atoms with E-state index in [1.165, 1.54) is 42.2 Å². The van der Waals surface area contributed by atoms with Crippen LogP contribution in [0.25, 0.3) is 11.4 Å². The predicted octanol–water partition coefficient (Wildman–Crippen LogP) is 3.27. The van der Waals surface area contributed by atoms with E-state index in [2.05, 4.69) is 27.2 Å². The van der Waals surface area contributed by atoms with Gasteiger partial charge in [0.05, 0.1) is 5.01 Å². The van der Waals surface area contributed by atoms with Gasteiger partial charge in [0, 0.05) is 29.8 Å². The molecule has 0 saturated carbocycles. The Labute approximate surface area is 127 Å². The third-order valence-corrected chi connectivity index (χ3v) is 5.47. The second-order valence-electron chi connectivity index (χ2n) is 5.33. The smallest absolute Gasteiger partial charge is 0.180 e. The van der Waals surface area contributed by atoms with Gasteiger partial charge in [-0.3, -0.25) is 0 Å². The molecule has 2 aromatic rings. The van der Waals surface area contributed by atoms with Crippen molar-refractivity contribution in [2.24, 2.45) is 0 Å². The zero-order valence-corrected chi connectivity index (χ0v) is 13.3. The number of aromatic nitrogens is 2. The number of thiazole rings is 2. The van der Waals surface area contributed by atoms with Crippen LogP contribution in [0.3, 0.4) is 0 Å². The second kappa shape index (κ2) is 6.20. The van der Waals surface area contributed by atoms with Crippen LogP contribution in [0.4, 0.5) is 5.13 Å². The quantitative estimate of drug-likeness (QED) is 0.942. The van der Waals surface area contributed by atoms with Crippen LogP contribution in [0.2, 0.25) is 0 Å². The lowest BCUT2D eigenvalue weighted by molar-refractivity contribution is 0.163. The minimum atomic E-state index is 0.608. The van der Waals surface area contributed by atoms with Crippen molar-refractivity contribution in [2.45, 2.75) is 38.6 Å². The summed E-state index contributed by atoms with van der Waals surface area (Å²) in [6.45, 7) is 4.69. The molecule has 4 nitrogen and oxygen atoms in total. The van der Waals surface area contributed by atoms with Gasteiger partial charge < -0.3 is 10.6 Å². The molecule has 108 valence electrons. The van der Waals surface area contributed by atoms with E-state index in [1.54, 1.807) is 11.3 Å². The molecule has 0 amide bonds. The Hall–Kier alpha value is -0.980. The highest BCUT2D eigenvalue weighted by atomic mass is 32.1. The molecule has 1 unspecified atom stereocenters. The highest BCUT2D eigenvalue weighted by Gasteiger charge is 2.18. The molecule has 0 spiro atoms. The molecular weight excluding hydrogens is 288 g/mol.